The molecule has 0 N–H and O–H groups in total. The van der Waals surface area contributed by atoms with E-state index in [-0.39, 0.29) is 0 Å². The number of hydrogen-bond donors (Lipinski definition) is 0. The average Bonchev–Trinajstić information content (AvgIpc) is 1.63. The molecule has 0 amide bonds. The molecule has 31 aromatic rings. The van der Waals surface area contributed by atoms with Crippen LogP contribution in [0.1, 0.15) is 0 Å². The predicted octanol–water partition coefficient (Wildman–Crippen LogP) is 37.7. The van der Waals surface area contributed by atoms with Crippen molar-refractivity contribution in [2.24, 2.45) is 0 Å². The van der Waals surface area contributed by atoms with Crippen molar-refractivity contribution in [3.63, 3.8) is 0 Å². The van der Waals surface area contributed by atoms with Crippen molar-refractivity contribution in [2.75, 3.05) is 0 Å². The lowest BCUT2D eigenvalue weighted by atomic mass is 9.94. The van der Waals surface area contributed by atoms with Crippen LogP contribution in [0.15, 0.2) is 546 Å². The Balaban J connectivity index is 0.000000104. The maximum atomic E-state index is 2.44. The van der Waals surface area contributed by atoms with Gasteiger partial charge in [-0.1, -0.05) is 358 Å². The maximum absolute atomic E-state index is 2.44. The van der Waals surface area contributed by atoms with Crippen LogP contribution in [0.2, 0.25) is 0 Å². The first-order valence-corrected chi connectivity index (χ1v) is 50.3. The molecule has 6 aromatic heterocycles. The Morgan fingerprint density at radius 3 is 0.699 bits per heavy atom. The highest BCUT2D eigenvalue weighted by Crippen LogP contribution is 2.47. The van der Waals surface area contributed by atoms with Crippen LogP contribution in [0, 0.1) is 0 Å². The van der Waals surface area contributed by atoms with E-state index < -0.39 is 0 Å². The summed E-state index contributed by atoms with van der Waals surface area (Å²) in [6.07, 6.45) is 0. The van der Waals surface area contributed by atoms with Crippen LogP contribution in [-0.4, -0.2) is 27.4 Å². The largest absolute Gasteiger partial charge is 0.309 e. The Morgan fingerprint density at radius 2 is 0.329 bits per heavy atom. The summed E-state index contributed by atoms with van der Waals surface area (Å²) in [4.78, 5) is 0. The molecular weight excluding hydrogens is 1770 g/mol. The minimum atomic E-state index is 1.16. The Hall–Kier alpha value is -19.4. The fourth-order valence-corrected chi connectivity index (χ4v) is 23.8. The molecule has 0 saturated heterocycles. The Kier molecular flexibility index (Phi) is 19.6. The maximum Gasteiger partial charge on any atom is 0.0541 e. The predicted molar refractivity (Wildman–Crippen MR) is 620 cm³/mol. The summed E-state index contributed by atoms with van der Waals surface area (Å²) >= 11 is 0. The summed E-state index contributed by atoms with van der Waals surface area (Å²) in [6, 6.07) is 199. The van der Waals surface area contributed by atoms with E-state index in [1.165, 1.54) is 269 Å². The summed E-state index contributed by atoms with van der Waals surface area (Å²) in [5, 5.41) is 27.9. The number of nitrogens with zero attached hydrogens (tertiary/aromatic N) is 6. The molecule has 0 aliphatic carbocycles. The van der Waals surface area contributed by atoms with Crippen molar-refractivity contribution in [3.8, 4) is 89.8 Å². The van der Waals surface area contributed by atoms with E-state index >= 15 is 0 Å². The second-order valence-electron chi connectivity index (χ2n) is 38.5. The summed E-state index contributed by atoms with van der Waals surface area (Å²) in [5.74, 6) is 0. The fourth-order valence-electron chi connectivity index (χ4n) is 23.8. The normalized spacial score (nSPS) is 11.8. The van der Waals surface area contributed by atoms with Crippen LogP contribution >= 0.6 is 0 Å². The molecule has 0 unspecified atom stereocenters. The minimum absolute atomic E-state index is 1.16. The average molecular weight is 1860 g/mol. The zero-order valence-corrected chi connectivity index (χ0v) is 79.6. The molecule has 0 aliphatic heterocycles. The van der Waals surface area contributed by atoms with E-state index in [0.29, 0.717) is 0 Å². The van der Waals surface area contributed by atoms with Crippen LogP contribution in [0.3, 0.4) is 0 Å². The van der Waals surface area contributed by atoms with E-state index in [1.54, 1.807) is 0 Å². The topological polar surface area (TPSA) is 29.6 Å². The summed E-state index contributed by atoms with van der Waals surface area (Å²) in [6.45, 7) is 0. The molecule has 6 nitrogen and oxygen atoms in total. The quantitative estimate of drug-likeness (QED) is 0.116. The zero-order chi connectivity index (χ0) is 96.0. The van der Waals surface area contributed by atoms with Gasteiger partial charge in [-0.2, -0.15) is 0 Å². The van der Waals surface area contributed by atoms with Crippen LogP contribution in [0.4, 0.5) is 0 Å². The molecule has 25 aromatic carbocycles. The van der Waals surface area contributed by atoms with Crippen molar-refractivity contribution >= 4 is 185 Å². The number of benzene rings is 25. The van der Waals surface area contributed by atoms with Gasteiger partial charge in [0.25, 0.3) is 0 Å². The fraction of sp³-hybridized carbons (Fsp3) is 0. The molecule has 680 valence electrons. The van der Waals surface area contributed by atoms with E-state index in [9.17, 15) is 0 Å². The third-order valence-corrected chi connectivity index (χ3v) is 30.5. The molecule has 0 atom stereocenters. The first-order valence-electron chi connectivity index (χ1n) is 50.3. The minimum Gasteiger partial charge on any atom is -0.309 e. The number of hydrogen-bond acceptors (Lipinski definition) is 0. The van der Waals surface area contributed by atoms with Crippen molar-refractivity contribution in [1.29, 1.82) is 0 Å². The van der Waals surface area contributed by atoms with Gasteiger partial charge >= 0.3 is 0 Å². The van der Waals surface area contributed by atoms with Gasteiger partial charge in [-0.3, -0.25) is 0 Å². The Labute approximate surface area is 841 Å². The van der Waals surface area contributed by atoms with Gasteiger partial charge in [-0.05, 0) is 292 Å². The van der Waals surface area contributed by atoms with Crippen molar-refractivity contribution in [2.45, 2.75) is 0 Å². The number of fused-ring (bicyclic) bond motifs is 26. The van der Waals surface area contributed by atoms with Gasteiger partial charge in [0.2, 0.25) is 0 Å². The molecule has 0 radical (unpaired) electrons. The third kappa shape index (κ3) is 13.7. The zero-order valence-electron chi connectivity index (χ0n) is 79.6. The molecule has 146 heavy (non-hydrogen) atoms. The van der Waals surface area contributed by atoms with Gasteiger partial charge in [-0.15, -0.1) is 0 Å². The molecular formula is C140H90N6. The lowest BCUT2D eigenvalue weighted by Gasteiger charge is -2.15. The highest BCUT2D eigenvalue weighted by molar-refractivity contribution is 6.26. The molecule has 6 heterocycles. The monoisotopic (exact) mass is 1850 g/mol. The molecule has 0 aliphatic rings. The Bertz CT molecular complexity index is 10700. The Morgan fingerprint density at radius 1 is 0.0959 bits per heavy atom. The van der Waals surface area contributed by atoms with E-state index in [2.05, 4.69) is 573 Å². The van der Waals surface area contributed by atoms with Gasteiger partial charge in [0.15, 0.2) is 0 Å². The second kappa shape index (κ2) is 34.3. The number of para-hydroxylation sites is 10. The highest BCUT2D eigenvalue weighted by Gasteiger charge is 2.25. The van der Waals surface area contributed by atoms with Gasteiger partial charge in [0.1, 0.15) is 0 Å². The SMILES string of the molecule is c1ccc(-n2c3ccccc3c3cc(-c4ccc5c(c4)c4ccccc4n5-c4ccc5c6ccccc6c6ccccc6c5c4)ccc32)cc1.c1ccc(-n2c3ccccc3c3cc(-c4ccc5c(c4)c4ccccc4n5-c4cccc(-c5ccc6ccccc6c5)c4)ccc32)cc1.c1ccc(-n2c3ccccc3c3cc(-c4ccc5c(c4)c4ccccc4n5-c4ccccc4-c4ccc5ccccc5c4)ccc32)cc1. The number of aromatic nitrogens is 6. The van der Waals surface area contributed by atoms with Crippen molar-refractivity contribution < 1.29 is 0 Å². The van der Waals surface area contributed by atoms with Crippen LogP contribution in [0.25, 0.3) is 274 Å². The van der Waals surface area contributed by atoms with E-state index in [4.69, 9.17) is 0 Å². The van der Waals surface area contributed by atoms with Gasteiger partial charge in [-0.25, -0.2) is 0 Å². The van der Waals surface area contributed by atoms with Crippen LogP contribution in [-0.2, 0) is 0 Å². The molecule has 31 rings (SSSR count). The van der Waals surface area contributed by atoms with Crippen molar-refractivity contribution in [1.82, 2.24) is 27.4 Å². The number of rotatable bonds is 11. The molecule has 0 spiro atoms. The smallest absolute Gasteiger partial charge is 0.0541 e. The molecule has 0 saturated carbocycles. The van der Waals surface area contributed by atoms with Crippen LogP contribution in [0.5, 0.6) is 0 Å². The summed E-state index contributed by atoms with van der Waals surface area (Å²) in [5.41, 5.74) is 33.8. The summed E-state index contributed by atoms with van der Waals surface area (Å²) in [7, 11) is 0. The standard InChI is InChI=1S/C48H30N2.2C46H30N2/c1-2-12-33(13-3-1)49-45-20-10-8-18-40(45)43-28-31(22-26-47(43)49)32-23-27-48-44(29-32)41-19-9-11-21-46(41)50(48)34-24-25-39-37-16-5-4-14-35(37)36-15-6-7-17-38(36)42(39)30-34;1-2-14-36(15-3-1)47-43-20-10-7-17-38(43)40-29-33(24-26-45(40)47)34-25-27-46-41(30-34)39-18-8-11-21-44(39)48(46)42-19-9-6-16-37(42)35-23-22-31-12-4-5-13-32(31)28-35;1-2-14-37(15-3-1)47-43-19-8-6-17-39(43)41-29-35(23-25-45(41)47)36-24-26-46-42(30-36)40-18-7-9-20-44(40)48(46)38-16-10-13-33(28-38)34-22-21-31-11-4-5-12-32(31)27-34/h1-30H;2*1-30H. The lowest BCUT2D eigenvalue weighted by molar-refractivity contribution is 1.18. The lowest BCUT2D eigenvalue weighted by Crippen LogP contribution is -1.97. The third-order valence-electron chi connectivity index (χ3n) is 30.5. The van der Waals surface area contributed by atoms with Crippen LogP contribution < -0.4 is 0 Å². The summed E-state index contributed by atoms with van der Waals surface area (Å²) < 4.78 is 14.4. The first kappa shape index (κ1) is 83.6. The van der Waals surface area contributed by atoms with E-state index in [0.717, 1.165) is 5.69 Å². The van der Waals surface area contributed by atoms with Gasteiger partial charge in [0.05, 0.1) is 71.9 Å². The van der Waals surface area contributed by atoms with Gasteiger partial charge in [0, 0.05) is 98.6 Å². The molecule has 6 heteroatoms. The highest BCUT2D eigenvalue weighted by atomic mass is 15.0. The van der Waals surface area contributed by atoms with Crippen molar-refractivity contribution in [3.05, 3.63) is 546 Å². The second-order valence-corrected chi connectivity index (χ2v) is 38.5. The first-order chi connectivity index (χ1) is 72.4. The van der Waals surface area contributed by atoms with Gasteiger partial charge < -0.3 is 27.4 Å². The van der Waals surface area contributed by atoms with E-state index in [1.807, 2.05) is 0 Å². The molecule has 0 fully saturated rings. The molecule has 0 bridgehead atoms.